The van der Waals surface area contributed by atoms with E-state index in [0.29, 0.717) is 5.54 Å². The summed E-state index contributed by atoms with van der Waals surface area (Å²) in [5.74, 6) is 0. The quantitative estimate of drug-likeness (QED) is 0.887. The summed E-state index contributed by atoms with van der Waals surface area (Å²) in [5, 5.41) is 3.91. The van der Waals surface area contributed by atoms with Crippen molar-refractivity contribution in [2.24, 2.45) is 0 Å². The number of hydrogen-bond donors (Lipinski definition) is 1. The monoisotopic (exact) mass is 286 g/mol. The molecule has 21 heavy (non-hydrogen) atoms. The third-order valence-corrected chi connectivity index (χ3v) is 5.55. The molecule has 0 radical (unpaired) electrons. The maximum absolute atomic E-state index is 3.91. The van der Waals surface area contributed by atoms with Crippen LogP contribution >= 0.6 is 0 Å². The molecule has 1 N–H and O–H groups in total. The molecule has 0 amide bonds. The fourth-order valence-corrected chi connectivity index (χ4v) is 3.90. The average Bonchev–Trinajstić information content (AvgIpc) is 2.47. The summed E-state index contributed by atoms with van der Waals surface area (Å²) in [7, 11) is 0. The van der Waals surface area contributed by atoms with Crippen molar-refractivity contribution in [3.05, 3.63) is 35.4 Å². The molecule has 1 saturated heterocycles. The van der Waals surface area contributed by atoms with Crippen molar-refractivity contribution in [3.63, 3.8) is 0 Å². The van der Waals surface area contributed by atoms with Crippen LogP contribution in [0.15, 0.2) is 24.3 Å². The van der Waals surface area contributed by atoms with Crippen molar-refractivity contribution in [2.75, 3.05) is 13.1 Å². The maximum Gasteiger partial charge on any atom is 0.0309 e. The summed E-state index contributed by atoms with van der Waals surface area (Å²) >= 11 is 0. The van der Waals surface area contributed by atoms with Gasteiger partial charge in [-0.1, -0.05) is 49.1 Å². The SMILES string of the molecule is Cc1ccc(CN2CC3(CCCCC3)NCC2(C)C)cc1. The fourth-order valence-electron chi connectivity index (χ4n) is 3.90. The molecule has 0 unspecified atom stereocenters. The van der Waals surface area contributed by atoms with E-state index in [4.69, 9.17) is 0 Å². The number of piperazine rings is 1. The summed E-state index contributed by atoms with van der Waals surface area (Å²) in [6, 6.07) is 9.06. The Kier molecular flexibility index (Phi) is 4.11. The molecule has 3 rings (SSSR count). The van der Waals surface area contributed by atoms with Gasteiger partial charge in [-0.25, -0.2) is 0 Å². The van der Waals surface area contributed by atoms with E-state index >= 15 is 0 Å². The van der Waals surface area contributed by atoms with Crippen LogP contribution in [0.25, 0.3) is 0 Å². The molecule has 0 atom stereocenters. The highest BCUT2D eigenvalue weighted by Gasteiger charge is 2.42. The van der Waals surface area contributed by atoms with Gasteiger partial charge in [0.1, 0.15) is 0 Å². The molecule has 2 heteroatoms. The van der Waals surface area contributed by atoms with Gasteiger partial charge in [0.25, 0.3) is 0 Å². The largest absolute Gasteiger partial charge is 0.308 e. The van der Waals surface area contributed by atoms with Gasteiger partial charge in [0, 0.05) is 30.7 Å². The number of nitrogens with zero attached hydrogens (tertiary/aromatic N) is 1. The number of rotatable bonds is 2. The van der Waals surface area contributed by atoms with Gasteiger partial charge in [-0.3, -0.25) is 4.90 Å². The lowest BCUT2D eigenvalue weighted by Gasteiger charge is -2.53. The van der Waals surface area contributed by atoms with E-state index in [1.807, 2.05) is 0 Å². The Morgan fingerprint density at radius 3 is 2.38 bits per heavy atom. The van der Waals surface area contributed by atoms with Crippen molar-refractivity contribution in [2.45, 2.75) is 70.5 Å². The molecule has 2 nitrogen and oxygen atoms in total. The molecular formula is C19H30N2. The minimum Gasteiger partial charge on any atom is -0.308 e. The second-order valence-electron chi connectivity index (χ2n) is 7.85. The van der Waals surface area contributed by atoms with Gasteiger partial charge in [0.05, 0.1) is 0 Å². The average molecular weight is 286 g/mol. The summed E-state index contributed by atoms with van der Waals surface area (Å²) in [6.45, 7) is 10.3. The van der Waals surface area contributed by atoms with E-state index in [1.165, 1.54) is 49.8 Å². The standard InChI is InChI=1S/C19H30N2/c1-16-7-9-17(10-8-16)13-21-15-19(11-5-4-6-12-19)20-14-18(21,2)3/h7-10,20H,4-6,11-15H2,1-3H3. The number of benzene rings is 1. The number of aryl methyl sites for hydroxylation is 1. The van der Waals surface area contributed by atoms with Crippen molar-refractivity contribution < 1.29 is 0 Å². The summed E-state index contributed by atoms with van der Waals surface area (Å²) in [6.07, 6.45) is 6.92. The smallest absolute Gasteiger partial charge is 0.0309 e. The highest BCUT2D eigenvalue weighted by atomic mass is 15.3. The zero-order valence-corrected chi connectivity index (χ0v) is 13.9. The first-order valence-electron chi connectivity index (χ1n) is 8.55. The summed E-state index contributed by atoms with van der Waals surface area (Å²) in [5.41, 5.74) is 3.43. The van der Waals surface area contributed by atoms with Crippen LogP contribution in [0, 0.1) is 6.92 Å². The van der Waals surface area contributed by atoms with Crippen molar-refractivity contribution >= 4 is 0 Å². The predicted octanol–water partition coefficient (Wildman–Crippen LogP) is 3.88. The normalized spacial score (nSPS) is 25.1. The summed E-state index contributed by atoms with van der Waals surface area (Å²) < 4.78 is 0. The van der Waals surface area contributed by atoms with E-state index in [2.05, 4.69) is 55.3 Å². The molecule has 2 aliphatic rings. The molecule has 1 aromatic rings. The van der Waals surface area contributed by atoms with Gasteiger partial charge < -0.3 is 5.32 Å². The maximum atomic E-state index is 3.91. The second kappa shape index (κ2) is 5.73. The molecule has 1 aliphatic heterocycles. The Morgan fingerprint density at radius 2 is 1.71 bits per heavy atom. The van der Waals surface area contributed by atoms with Crippen LogP contribution in [0.1, 0.15) is 57.1 Å². The van der Waals surface area contributed by atoms with Gasteiger partial charge in [0.15, 0.2) is 0 Å². The van der Waals surface area contributed by atoms with Crippen molar-refractivity contribution in [1.29, 1.82) is 0 Å². The lowest BCUT2D eigenvalue weighted by molar-refractivity contribution is 0.00485. The first-order chi connectivity index (χ1) is 9.99. The molecule has 116 valence electrons. The van der Waals surface area contributed by atoms with Gasteiger partial charge in [-0.15, -0.1) is 0 Å². The van der Waals surface area contributed by atoms with E-state index in [0.717, 1.165) is 13.1 Å². The van der Waals surface area contributed by atoms with Crippen LogP contribution in [0.3, 0.4) is 0 Å². The highest BCUT2D eigenvalue weighted by Crippen LogP contribution is 2.35. The number of nitrogens with one attached hydrogen (secondary N) is 1. The zero-order valence-electron chi connectivity index (χ0n) is 13.9. The second-order valence-corrected chi connectivity index (χ2v) is 7.85. The minimum absolute atomic E-state index is 0.244. The fraction of sp³-hybridized carbons (Fsp3) is 0.684. The third kappa shape index (κ3) is 3.32. The van der Waals surface area contributed by atoms with Gasteiger partial charge in [-0.2, -0.15) is 0 Å². The van der Waals surface area contributed by atoms with E-state index in [1.54, 1.807) is 0 Å². The van der Waals surface area contributed by atoms with Crippen LogP contribution in [0.2, 0.25) is 0 Å². The Balaban J connectivity index is 1.75. The molecule has 2 fully saturated rings. The van der Waals surface area contributed by atoms with Crippen LogP contribution in [-0.4, -0.2) is 29.1 Å². The van der Waals surface area contributed by atoms with Gasteiger partial charge in [-0.05, 0) is 39.2 Å². The van der Waals surface area contributed by atoms with Crippen LogP contribution in [0.5, 0.6) is 0 Å². The minimum atomic E-state index is 0.244. The Bertz CT molecular complexity index is 469. The third-order valence-electron chi connectivity index (χ3n) is 5.55. The zero-order chi connectivity index (χ0) is 14.9. The van der Waals surface area contributed by atoms with E-state index in [9.17, 15) is 0 Å². The van der Waals surface area contributed by atoms with Gasteiger partial charge >= 0.3 is 0 Å². The van der Waals surface area contributed by atoms with Gasteiger partial charge in [0.2, 0.25) is 0 Å². The lowest BCUT2D eigenvalue weighted by Crippen LogP contribution is -2.68. The van der Waals surface area contributed by atoms with Crippen LogP contribution in [0.4, 0.5) is 0 Å². The summed E-state index contributed by atoms with van der Waals surface area (Å²) in [4.78, 5) is 2.71. The first kappa shape index (κ1) is 15.1. The Hall–Kier alpha value is -0.860. The predicted molar refractivity (Wildman–Crippen MR) is 89.5 cm³/mol. The Labute approximate surface area is 129 Å². The number of hydrogen-bond acceptors (Lipinski definition) is 2. The topological polar surface area (TPSA) is 15.3 Å². The van der Waals surface area contributed by atoms with E-state index in [-0.39, 0.29) is 5.54 Å². The van der Waals surface area contributed by atoms with Crippen LogP contribution in [-0.2, 0) is 6.54 Å². The Morgan fingerprint density at radius 1 is 1.05 bits per heavy atom. The van der Waals surface area contributed by atoms with Crippen LogP contribution < -0.4 is 5.32 Å². The van der Waals surface area contributed by atoms with Crippen molar-refractivity contribution in [3.8, 4) is 0 Å². The van der Waals surface area contributed by atoms with E-state index < -0.39 is 0 Å². The van der Waals surface area contributed by atoms with Crippen molar-refractivity contribution in [1.82, 2.24) is 10.2 Å². The molecule has 1 aliphatic carbocycles. The highest BCUT2D eigenvalue weighted by molar-refractivity contribution is 5.22. The first-order valence-corrected chi connectivity index (χ1v) is 8.55. The molecule has 1 spiro atoms. The lowest BCUT2D eigenvalue weighted by atomic mass is 9.77. The molecular weight excluding hydrogens is 256 g/mol. The molecule has 1 saturated carbocycles. The molecule has 0 bridgehead atoms. The molecule has 0 aromatic heterocycles. The molecule has 1 aromatic carbocycles. The molecule has 1 heterocycles.